The fourth-order valence-electron chi connectivity index (χ4n) is 2.87. The quantitative estimate of drug-likeness (QED) is 0.642. The van der Waals surface area contributed by atoms with Gasteiger partial charge in [-0.2, -0.15) is 5.10 Å². The molecule has 1 saturated carbocycles. The predicted molar refractivity (Wildman–Crippen MR) is 93.4 cm³/mol. The molecular weight excluding hydrogens is 320 g/mol. The summed E-state index contributed by atoms with van der Waals surface area (Å²) >= 11 is 0. The molecule has 1 aromatic carbocycles. The molecule has 25 heavy (non-hydrogen) atoms. The van der Waals surface area contributed by atoms with Gasteiger partial charge >= 0.3 is 5.69 Å². The summed E-state index contributed by atoms with van der Waals surface area (Å²) in [5.74, 6) is -0.487. The lowest BCUT2D eigenvalue weighted by atomic mass is 10.1. The summed E-state index contributed by atoms with van der Waals surface area (Å²) in [6.07, 6.45) is 1.85. The molecule has 7 heteroatoms. The maximum Gasteiger partial charge on any atom is 0.323 e. The van der Waals surface area contributed by atoms with Crippen molar-refractivity contribution in [3.63, 3.8) is 0 Å². The van der Waals surface area contributed by atoms with Gasteiger partial charge in [0.15, 0.2) is 0 Å². The van der Waals surface area contributed by atoms with E-state index in [0.29, 0.717) is 12.2 Å². The number of aromatic amines is 1. The summed E-state index contributed by atoms with van der Waals surface area (Å²) in [6, 6.07) is 8.09. The van der Waals surface area contributed by atoms with E-state index in [2.05, 4.69) is 10.2 Å². The molecule has 132 valence electrons. The van der Waals surface area contributed by atoms with E-state index >= 15 is 0 Å². The van der Waals surface area contributed by atoms with Crippen molar-refractivity contribution in [2.75, 3.05) is 0 Å². The topological polar surface area (TPSA) is 92.1 Å². The van der Waals surface area contributed by atoms with E-state index in [-0.39, 0.29) is 29.2 Å². The number of rotatable bonds is 6. The van der Waals surface area contributed by atoms with Crippen molar-refractivity contribution >= 4 is 11.6 Å². The number of carbonyl (C=O) groups is 1. The molecular formula is C18H22N4O3. The lowest BCUT2D eigenvalue weighted by Crippen LogP contribution is -2.33. The van der Waals surface area contributed by atoms with Gasteiger partial charge in [-0.1, -0.05) is 43.7 Å². The lowest BCUT2D eigenvalue weighted by Gasteiger charge is -2.21. The Morgan fingerprint density at radius 1 is 1.36 bits per heavy atom. The Kier molecular flexibility index (Phi) is 4.57. The molecule has 0 radical (unpaired) electrons. The fourth-order valence-corrected chi connectivity index (χ4v) is 2.87. The number of H-pyrrole nitrogens is 1. The summed E-state index contributed by atoms with van der Waals surface area (Å²) in [5, 5.41) is 18.2. The van der Waals surface area contributed by atoms with E-state index in [9.17, 15) is 14.9 Å². The number of amides is 1. The molecule has 1 aliphatic rings. The van der Waals surface area contributed by atoms with Crippen molar-refractivity contribution in [1.82, 2.24) is 15.1 Å². The monoisotopic (exact) mass is 342 g/mol. The van der Waals surface area contributed by atoms with E-state index in [4.69, 9.17) is 0 Å². The van der Waals surface area contributed by atoms with Crippen LogP contribution in [-0.4, -0.2) is 32.0 Å². The highest BCUT2D eigenvalue weighted by Crippen LogP contribution is 2.33. The second-order valence-electron chi connectivity index (χ2n) is 6.90. The largest absolute Gasteiger partial charge is 0.330 e. The molecule has 2 aromatic rings. The summed E-state index contributed by atoms with van der Waals surface area (Å²) in [4.78, 5) is 25.7. The van der Waals surface area contributed by atoms with Crippen molar-refractivity contribution in [1.29, 1.82) is 0 Å². The van der Waals surface area contributed by atoms with Crippen molar-refractivity contribution in [3.05, 3.63) is 56.9 Å². The number of nitrogens with one attached hydrogen (secondary N) is 1. The van der Waals surface area contributed by atoms with E-state index < -0.39 is 4.92 Å². The third-order valence-electron chi connectivity index (χ3n) is 4.45. The van der Waals surface area contributed by atoms with Crippen LogP contribution in [0.15, 0.2) is 24.3 Å². The molecule has 1 amide bonds. The highest BCUT2D eigenvalue weighted by molar-refractivity contribution is 5.97. The van der Waals surface area contributed by atoms with Crippen LogP contribution >= 0.6 is 0 Å². The number of benzene rings is 1. The maximum absolute atomic E-state index is 13.0. The number of nitrogens with zero attached hydrogens (tertiary/aromatic N) is 3. The molecule has 1 N–H and O–H groups in total. The Bertz CT molecular complexity index is 791. The number of aryl methyl sites for hydroxylation is 1. The van der Waals surface area contributed by atoms with Crippen LogP contribution in [0.4, 0.5) is 5.69 Å². The highest BCUT2D eigenvalue weighted by Gasteiger charge is 2.38. The predicted octanol–water partition coefficient (Wildman–Crippen LogP) is 3.55. The third kappa shape index (κ3) is 3.55. The zero-order valence-electron chi connectivity index (χ0n) is 14.7. The van der Waals surface area contributed by atoms with Crippen LogP contribution in [0.1, 0.15) is 59.9 Å². The second-order valence-corrected chi connectivity index (χ2v) is 6.90. The zero-order valence-corrected chi connectivity index (χ0v) is 14.7. The smallest absolute Gasteiger partial charge is 0.323 e. The molecule has 0 aliphatic heterocycles. The van der Waals surface area contributed by atoms with Gasteiger partial charge in [-0.3, -0.25) is 20.0 Å². The summed E-state index contributed by atoms with van der Waals surface area (Å²) in [7, 11) is 0. The molecule has 7 nitrogen and oxygen atoms in total. The Morgan fingerprint density at radius 2 is 2.00 bits per heavy atom. The van der Waals surface area contributed by atoms with Gasteiger partial charge in [-0.05, 0) is 25.3 Å². The van der Waals surface area contributed by atoms with Gasteiger partial charge in [0.05, 0.1) is 4.92 Å². The van der Waals surface area contributed by atoms with Crippen LogP contribution in [0.3, 0.4) is 0 Å². The summed E-state index contributed by atoms with van der Waals surface area (Å²) in [6.45, 7) is 6.11. The van der Waals surface area contributed by atoms with Gasteiger partial charge in [-0.15, -0.1) is 0 Å². The molecule has 1 aromatic heterocycles. The van der Waals surface area contributed by atoms with Crippen molar-refractivity contribution < 1.29 is 9.72 Å². The first kappa shape index (κ1) is 17.1. The molecule has 0 bridgehead atoms. The van der Waals surface area contributed by atoms with E-state index in [0.717, 1.165) is 24.0 Å². The van der Waals surface area contributed by atoms with Gasteiger partial charge in [-0.25, -0.2) is 0 Å². The van der Waals surface area contributed by atoms with Gasteiger partial charge < -0.3 is 4.90 Å². The molecule has 0 saturated heterocycles. The van der Waals surface area contributed by atoms with Gasteiger partial charge in [0.25, 0.3) is 5.91 Å². The second kappa shape index (κ2) is 6.66. The number of carbonyl (C=O) groups excluding carboxylic acids is 1. The first-order chi connectivity index (χ1) is 11.9. The number of hydrogen-bond acceptors (Lipinski definition) is 4. The molecule has 1 aliphatic carbocycles. The Balaban J connectivity index is 1.91. The minimum absolute atomic E-state index is 0.0901. The highest BCUT2D eigenvalue weighted by atomic mass is 16.6. The van der Waals surface area contributed by atoms with Crippen molar-refractivity contribution in [2.45, 2.75) is 52.1 Å². The number of aromatic nitrogens is 2. The summed E-state index contributed by atoms with van der Waals surface area (Å²) in [5.41, 5.74) is 2.26. The van der Waals surface area contributed by atoms with Crippen LogP contribution in [0.2, 0.25) is 0 Å². The minimum Gasteiger partial charge on any atom is -0.330 e. The molecule has 0 unspecified atom stereocenters. The van der Waals surface area contributed by atoms with Crippen LogP contribution in [0.25, 0.3) is 0 Å². The first-order valence-electron chi connectivity index (χ1n) is 8.47. The first-order valence-corrected chi connectivity index (χ1v) is 8.47. The van der Waals surface area contributed by atoms with E-state index in [1.807, 2.05) is 45.0 Å². The van der Waals surface area contributed by atoms with E-state index in [1.54, 1.807) is 4.90 Å². The average Bonchev–Trinajstić information content (AvgIpc) is 3.29. The molecule has 0 spiro atoms. The molecule has 1 heterocycles. The van der Waals surface area contributed by atoms with Gasteiger partial charge in [0.2, 0.25) is 5.69 Å². The van der Waals surface area contributed by atoms with Crippen molar-refractivity contribution in [3.8, 4) is 0 Å². The van der Waals surface area contributed by atoms with Gasteiger partial charge in [0.1, 0.15) is 5.69 Å². The number of hydrogen-bond donors (Lipinski definition) is 1. The summed E-state index contributed by atoms with van der Waals surface area (Å²) < 4.78 is 0. The molecule has 1 fully saturated rings. The normalized spacial score (nSPS) is 13.9. The Labute approximate surface area is 146 Å². The van der Waals surface area contributed by atoms with Crippen LogP contribution in [-0.2, 0) is 6.54 Å². The Morgan fingerprint density at radius 3 is 2.52 bits per heavy atom. The standard InChI is InChI=1S/C18H22N4O3/c1-11(2)15-17(22(24)25)16(20-19-15)18(23)21(14-8-9-14)10-13-6-4-12(3)5-7-13/h4-7,11,14H,8-10H2,1-3H3,(H,19,20). The number of nitro groups is 1. The zero-order chi connectivity index (χ0) is 18.1. The Hall–Kier alpha value is -2.70. The minimum atomic E-state index is -0.511. The average molecular weight is 342 g/mol. The molecule has 0 atom stereocenters. The van der Waals surface area contributed by atoms with Crippen molar-refractivity contribution in [2.24, 2.45) is 0 Å². The molecule has 3 rings (SSSR count). The van der Waals surface area contributed by atoms with Crippen LogP contribution < -0.4 is 0 Å². The lowest BCUT2D eigenvalue weighted by molar-refractivity contribution is -0.386. The maximum atomic E-state index is 13.0. The SMILES string of the molecule is Cc1ccc(CN(C(=O)c2n[nH]c(C(C)C)c2[N+](=O)[O-])C2CC2)cc1. The van der Waals surface area contributed by atoms with E-state index in [1.165, 1.54) is 0 Å². The van der Waals surface area contributed by atoms with Crippen LogP contribution in [0, 0.1) is 17.0 Å². The fraction of sp³-hybridized carbons (Fsp3) is 0.444. The van der Waals surface area contributed by atoms with Crippen LogP contribution in [0.5, 0.6) is 0 Å². The third-order valence-corrected chi connectivity index (χ3v) is 4.45. The van der Waals surface area contributed by atoms with Gasteiger partial charge in [0, 0.05) is 18.5 Å².